The number of nitrogens with zero attached hydrogens (tertiary/aromatic N) is 2. The second-order valence-electron chi connectivity index (χ2n) is 4.71. The van der Waals surface area contributed by atoms with Gasteiger partial charge in [0.25, 0.3) is 0 Å². The van der Waals surface area contributed by atoms with E-state index in [1.807, 2.05) is 13.0 Å². The maximum Gasteiger partial charge on any atom is 0.218 e. The highest BCUT2D eigenvalue weighted by atomic mass is 16.5. The van der Waals surface area contributed by atoms with E-state index < -0.39 is 0 Å². The lowest BCUT2D eigenvalue weighted by molar-refractivity contribution is 0.324. The van der Waals surface area contributed by atoms with Crippen molar-refractivity contribution in [1.29, 1.82) is 0 Å². The minimum atomic E-state index is 0.424. The molecule has 0 spiro atoms. The van der Waals surface area contributed by atoms with Gasteiger partial charge >= 0.3 is 0 Å². The molecule has 2 atom stereocenters. The average molecular weight is 250 g/mol. The SMILES string of the molecule is CCOc1cc(NC2CCCCC2CN)ncn1. The first-order chi connectivity index (χ1) is 8.83. The Labute approximate surface area is 108 Å². The Hall–Kier alpha value is -1.36. The van der Waals surface area contributed by atoms with Crippen molar-refractivity contribution in [3.8, 4) is 5.88 Å². The van der Waals surface area contributed by atoms with E-state index in [-0.39, 0.29) is 0 Å². The molecule has 0 saturated heterocycles. The molecule has 2 unspecified atom stereocenters. The molecule has 1 heterocycles. The standard InChI is InChI=1S/C13H22N4O/c1-2-18-13-7-12(15-9-16-13)17-11-6-4-3-5-10(11)8-14/h7,9-11H,2-6,8,14H2,1H3,(H,15,16,17). The molecule has 5 nitrogen and oxygen atoms in total. The molecule has 3 N–H and O–H groups in total. The minimum Gasteiger partial charge on any atom is -0.478 e. The highest BCUT2D eigenvalue weighted by Crippen LogP contribution is 2.26. The highest BCUT2D eigenvalue weighted by molar-refractivity contribution is 5.38. The van der Waals surface area contributed by atoms with Crippen LogP contribution in [0.5, 0.6) is 5.88 Å². The van der Waals surface area contributed by atoms with E-state index in [2.05, 4.69) is 15.3 Å². The Morgan fingerprint density at radius 2 is 2.22 bits per heavy atom. The van der Waals surface area contributed by atoms with Crippen LogP contribution in [-0.2, 0) is 0 Å². The normalized spacial score (nSPS) is 23.7. The molecule has 1 aromatic heterocycles. The van der Waals surface area contributed by atoms with Gasteiger partial charge in [-0.05, 0) is 32.2 Å². The van der Waals surface area contributed by atoms with Gasteiger partial charge in [0.2, 0.25) is 5.88 Å². The number of hydrogen-bond donors (Lipinski definition) is 2. The van der Waals surface area contributed by atoms with Crippen molar-refractivity contribution in [2.75, 3.05) is 18.5 Å². The molecule has 100 valence electrons. The van der Waals surface area contributed by atoms with Gasteiger partial charge in [0.15, 0.2) is 0 Å². The Morgan fingerprint density at radius 1 is 1.39 bits per heavy atom. The smallest absolute Gasteiger partial charge is 0.218 e. The lowest BCUT2D eigenvalue weighted by Gasteiger charge is -2.31. The Morgan fingerprint density at radius 3 is 3.00 bits per heavy atom. The van der Waals surface area contributed by atoms with Crippen LogP contribution in [0.15, 0.2) is 12.4 Å². The largest absolute Gasteiger partial charge is 0.478 e. The van der Waals surface area contributed by atoms with Crippen molar-refractivity contribution in [2.45, 2.75) is 38.6 Å². The molecular weight excluding hydrogens is 228 g/mol. The molecule has 1 saturated carbocycles. The monoisotopic (exact) mass is 250 g/mol. The first kappa shape index (κ1) is 13.1. The number of anilines is 1. The summed E-state index contributed by atoms with van der Waals surface area (Å²) in [7, 11) is 0. The van der Waals surface area contributed by atoms with Gasteiger partial charge in [-0.1, -0.05) is 12.8 Å². The van der Waals surface area contributed by atoms with Crippen LogP contribution in [0.2, 0.25) is 0 Å². The summed E-state index contributed by atoms with van der Waals surface area (Å²) in [6, 6.07) is 2.28. The predicted molar refractivity (Wildman–Crippen MR) is 71.6 cm³/mol. The quantitative estimate of drug-likeness (QED) is 0.833. The zero-order valence-electron chi connectivity index (χ0n) is 10.9. The molecule has 1 aromatic rings. The van der Waals surface area contributed by atoms with Crippen LogP contribution < -0.4 is 15.8 Å². The van der Waals surface area contributed by atoms with E-state index in [1.54, 1.807) is 0 Å². The summed E-state index contributed by atoms with van der Waals surface area (Å²) in [4.78, 5) is 8.30. The van der Waals surface area contributed by atoms with E-state index in [0.29, 0.717) is 24.4 Å². The zero-order valence-corrected chi connectivity index (χ0v) is 10.9. The van der Waals surface area contributed by atoms with Crippen LogP contribution in [0.1, 0.15) is 32.6 Å². The van der Waals surface area contributed by atoms with Crippen LogP contribution >= 0.6 is 0 Å². The molecular formula is C13H22N4O. The summed E-state index contributed by atoms with van der Waals surface area (Å²) in [5, 5.41) is 3.47. The van der Waals surface area contributed by atoms with Gasteiger partial charge in [-0.2, -0.15) is 0 Å². The first-order valence-electron chi connectivity index (χ1n) is 6.75. The summed E-state index contributed by atoms with van der Waals surface area (Å²) < 4.78 is 5.37. The Balaban J connectivity index is 2.00. The lowest BCUT2D eigenvalue weighted by atomic mass is 9.84. The van der Waals surface area contributed by atoms with Crippen molar-refractivity contribution < 1.29 is 4.74 Å². The van der Waals surface area contributed by atoms with E-state index in [9.17, 15) is 0 Å². The number of aromatic nitrogens is 2. The fourth-order valence-electron chi connectivity index (χ4n) is 2.51. The third kappa shape index (κ3) is 3.32. The van der Waals surface area contributed by atoms with Crippen LogP contribution in [-0.4, -0.2) is 29.2 Å². The van der Waals surface area contributed by atoms with Crippen LogP contribution in [0.25, 0.3) is 0 Å². The van der Waals surface area contributed by atoms with Crippen LogP contribution in [0, 0.1) is 5.92 Å². The number of nitrogens with one attached hydrogen (secondary N) is 1. The van der Waals surface area contributed by atoms with Crippen molar-refractivity contribution in [1.82, 2.24) is 9.97 Å². The summed E-state index contributed by atoms with van der Waals surface area (Å²) in [6.45, 7) is 3.30. The highest BCUT2D eigenvalue weighted by Gasteiger charge is 2.24. The lowest BCUT2D eigenvalue weighted by Crippen LogP contribution is -2.36. The topological polar surface area (TPSA) is 73.1 Å². The zero-order chi connectivity index (χ0) is 12.8. The average Bonchev–Trinajstić information content (AvgIpc) is 2.40. The van der Waals surface area contributed by atoms with Gasteiger partial charge in [0.05, 0.1) is 6.61 Å². The maximum absolute atomic E-state index is 5.83. The molecule has 0 radical (unpaired) electrons. The number of hydrogen-bond acceptors (Lipinski definition) is 5. The molecule has 5 heteroatoms. The van der Waals surface area contributed by atoms with Gasteiger partial charge in [-0.3, -0.25) is 0 Å². The first-order valence-corrected chi connectivity index (χ1v) is 6.75. The summed E-state index contributed by atoms with van der Waals surface area (Å²) in [6.07, 6.45) is 6.45. The third-order valence-corrected chi connectivity index (χ3v) is 3.48. The summed E-state index contributed by atoms with van der Waals surface area (Å²) in [5.74, 6) is 2.00. The van der Waals surface area contributed by atoms with E-state index in [0.717, 1.165) is 18.8 Å². The van der Waals surface area contributed by atoms with E-state index >= 15 is 0 Å². The van der Waals surface area contributed by atoms with Crippen molar-refractivity contribution in [3.63, 3.8) is 0 Å². The summed E-state index contributed by atoms with van der Waals surface area (Å²) in [5.41, 5.74) is 5.83. The molecule has 1 fully saturated rings. The number of rotatable bonds is 5. The fourth-order valence-corrected chi connectivity index (χ4v) is 2.51. The van der Waals surface area contributed by atoms with Crippen molar-refractivity contribution >= 4 is 5.82 Å². The molecule has 0 bridgehead atoms. The Bertz CT molecular complexity index is 372. The number of ether oxygens (including phenoxy) is 1. The van der Waals surface area contributed by atoms with Crippen molar-refractivity contribution in [2.24, 2.45) is 11.7 Å². The number of nitrogens with two attached hydrogens (primary N) is 1. The van der Waals surface area contributed by atoms with Gasteiger partial charge in [0.1, 0.15) is 12.1 Å². The molecule has 1 aliphatic rings. The molecule has 0 aliphatic heterocycles. The Kier molecular flexibility index (Phi) is 4.75. The third-order valence-electron chi connectivity index (χ3n) is 3.48. The van der Waals surface area contributed by atoms with E-state index in [4.69, 9.17) is 10.5 Å². The second kappa shape index (κ2) is 6.54. The van der Waals surface area contributed by atoms with Gasteiger partial charge in [-0.25, -0.2) is 9.97 Å². The second-order valence-corrected chi connectivity index (χ2v) is 4.71. The summed E-state index contributed by atoms with van der Waals surface area (Å²) >= 11 is 0. The maximum atomic E-state index is 5.83. The van der Waals surface area contributed by atoms with Gasteiger partial charge < -0.3 is 15.8 Å². The van der Waals surface area contributed by atoms with E-state index in [1.165, 1.54) is 25.6 Å². The van der Waals surface area contributed by atoms with Crippen molar-refractivity contribution in [3.05, 3.63) is 12.4 Å². The predicted octanol–water partition coefficient (Wildman–Crippen LogP) is 1.80. The molecule has 1 aliphatic carbocycles. The minimum absolute atomic E-state index is 0.424. The van der Waals surface area contributed by atoms with Gasteiger partial charge in [0, 0.05) is 12.1 Å². The van der Waals surface area contributed by atoms with Crippen LogP contribution in [0.4, 0.5) is 5.82 Å². The fraction of sp³-hybridized carbons (Fsp3) is 0.692. The molecule has 0 aromatic carbocycles. The van der Waals surface area contributed by atoms with Gasteiger partial charge in [-0.15, -0.1) is 0 Å². The molecule has 18 heavy (non-hydrogen) atoms. The van der Waals surface area contributed by atoms with Crippen LogP contribution in [0.3, 0.4) is 0 Å². The molecule has 2 rings (SSSR count). The molecule has 0 amide bonds.